The molecule has 2 aliphatic heterocycles. The largest absolute Gasteiger partial charge is 0.508 e. The molecule has 3 aromatic rings. The van der Waals surface area contributed by atoms with E-state index in [1.807, 2.05) is 30.3 Å². The van der Waals surface area contributed by atoms with Crippen molar-refractivity contribution in [3.05, 3.63) is 59.2 Å². The monoisotopic (exact) mass is 464 g/mol. The minimum atomic E-state index is 0.371. The number of aromatic hydroxyl groups is 1. The molecule has 0 amide bonds. The van der Waals surface area contributed by atoms with Crippen LogP contribution in [0.15, 0.2) is 48.7 Å². The van der Waals surface area contributed by atoms with Crippen LogP contribution in [0.2, 0.25) is 5.02 Å². The number of phenolic OH excluding ortho intramolecular Hbond substituents is 1. The highest BCUT2D eigenvalue weighted by Crippen LogP contribution is 2.31. The Bertz CT molecular complexity index is 1100. The van der Waals surface area contributed by atoms with E-state index in [1.54, 1.807) is 12.3 Å². The third kappa shape index (κ3) is 5.43. The second-order valence-electron chi connectivity index (χ2n) is 9.45. The quantitative estimate of drug-likeness (QED) is 0.409. The van der Waals surface area contributed by atoms with Crippen LogP contribution in [0.5, 0.6) is 5.75 Å². The lowest BCUT2D eigenvalue weighted by atomic mass is 9.98. The van der Waals surface area contributed by atoms with E-state index >= 15 is 0 Å². The van der Waals surface area contributed by atoms with Crippen molar-refractivity contribution in [2.24, 2.45) is 0 Å². The Morgan fingerprint density at radius 2 is 1.85 bits per heavy atom. The second-order valence-corrected chi connectivity index (χ2v) is 9.88. The number of nitrogens with one attached hydrogen (secondary N) is 1. The highest BCUT2D eigenvalue weighted by Gasteiger charge is 2.24. The van der Waals surface area contributed by atoms with Gasteiger partial charge in [0.25, 0.3) is 0 Å². The average molecular weight is 465 g/mol. The zero-order valence-corrected chi connectivity index (χ0v) is 19.9. The molecule has 2 saturated heterocycles. The van der Waals surface area contributed by atoms with E-state index in [2.05, 4.69) is 26.2 Å². The third-order valence-corrected chi connectivity index (χ3v) is 7.40. The summed E-state index contributed by atoms with van der Waals surface area (Å²) in [6.07, 6.45) is 9.53. The van der Waals surface area contributed by atoms with Gasteiger partial charge in [0.05, 0.1) is 5.52 Å². The molecule has 0 saturated carbocycles. The molecule has 0 radical (unpaired) electrons. The molecule has 6 heteroatoms. The van der Waals surface area contributed by atoms with Gasteiger partial charge in [-0.05, 0) is 101 Å². The smallest absolute Gasteiger partial charge is 0.120 e. The van der Waals surface area contributed by atoms with Crippen LogP contribution in [-0.4, -0.2) is 52.1 Å². The maximum absolute atomic E-state index is 10.6. The third-order valence-electron chi connectivity index (χ3n) is 7.16. The first kappa shape index (κ1) is 22.5. The molecule has 1 aromatic heterocycles. The molecule has 3 heterocycles. The minimum Gasteiger partial charge on any atom is -0.508 e. The van der Waals surface area contributed by atoms with E-state index in [0.29, 0.717) is 16.8 Å². The van der Waals surface area contributed by atoms with Gasteiger partial charge in [-0.3, -0.25) is 9.88 Å². The molecule has 2 fully saturated rings. The number of pyridine rings is 1. The lowest BCUT2D eigenvalue weighted by Gasteiger charge is -2.37. The number of anilines is 2. The summed E-state index contributed by atoms with van der Waals surface area (Å²) in [5.41, 5.74) is 3.79. The molecule has 174 valence electrons. The SMILES string of the molecule is Oc1ccc(Nc2ccnc3cc(Cl)ccc23)cc1CN1CCCC[C@H]1CCN1CCCC1. The van der Waals surface area contributed by atoms with Crippen molar-refractivity contribution in [3.8, 4) is 5.75 Å². The standard InChI is InChI=1S/C27H33ClN4O/c28-21-6-8-24-25(10-12-29-26(24)18-21)30-22-7-9-27(33)20(17-22)19-32-15-2-1-5-23(32)11-16-31-13-3-4-14-31/h6-10,12,17-18,23,33H,1-5,11,13-16,19H2,(H,29,30)/t23-/m0/s1. The summed E-state index contributed by atoms with van der Waals surface area (Å²) in [4.78, 5) is 9.63. The summed E-state index contributed by atoms with van der Waals surface area (Å²) < 4.78 is 0. The number of hydrogen-bond donors (Lipinski definition) is 2. The molecule has 2 aliphatic rings. The molecule has 5 nitrogen and oxygen atoms in total. The fraction of sp³-hybridized carbons (Fsp3) is 0.444. The normalized spacial score (nSPS) is 19.8. The molecule has 0 unspecified atom stereocenters. The summed E-state index contributed by atoms with van der Waals surface area (Å²) in [6, 6.07) is 14.2. The van der Waals surface area contributed by atoms with Gasteiger partial charge >= 0.3 is 0 Å². The molecule has 0 spiro atoms. The van der Waals surface area contributed by atoms with Crippen LogP contribution in [0.1, 0.15) is 44.1 Å². The number of piperidine rings is 1. The number of hydrogen-bond acceptors (Lipinski definition) is 5. The highest BCUT2D eigenvalue weighted by molar-refractivity contribution is 6.31. The van der Waals surface area contributed by atoms with Gasteiger partial charge in [0.15, 0.2) is 0 Å². The molecular formula is C27H33ClN4O. The predicted octanol–water partition coefficient (Wildman–Crippen LogP) is 6.18. The van der Waals surface area contributed by atoms with E-state index in [1.165, 1.54) is 58.2 Å². The van der Waals surface area contributed by atoms with Crippen LogP contribution >= 0.6 is 11.6 Å². The topological polar surface area (TPSA) is 51.6 Å². The molecule has 0 bridgehead atoms. The van der Waals surface area contributed by atoms with Crippen molar-refractivity contribution in [1.29, 1.82) is 0 Å². The van der Waals surface area contributed by atoms with Crippen molar-refractivity contribution >= 4 is 33.9 Å². The fourth-order valence-electron chi connectivity index (χ4n) is 5.33. The van der Waals surface area contributed by atoms with Gasteiger partial charge in [0.2, 0.25) is 0 Å². The predicted molar refractivity (Wildman–Crippen MR) is 136 cm³/mol. The molecule has 2 N–H and O–H groups in total. The van der Waals surface area contributed by atoms with Crippen LogP contribution in [0, 0.1) is 0 Å². The van der Waals surface area contributed by atoms with Crippen molar-refractivity contribution in [2.45, 2.75) is 51.1 Å². The van der Waals surface area contributed by atoms with Gasteiger partial charge in [0, 0.05) is 46.1 Å². The van der Waals surface area contributed by atoms with Crippen LogP contribution in [0.4, 0.5) is 11.4 Å². The summed E-state index contributed by atoms with van der Waals surface area (Å²) in [5, 5.41) is 15.9. The number of aromatic nitrogens is 1. The van der Waals surface area contributed by atoms with E-state index in [4.69, 9.17) is 11.6 Å². The first-order valence-electron chi connectivity index (χ1n) is 12.3. The zero-order valence-electron chi connectivity index (χ0n) is 19.1. The van der Waals surface area contributed by atoms with Crippen molar-refractivity contribution in [3.63, 3.8) is 0 Å². The van der Waals surface area contributed by atoms with Crippen LogP contribution in [0.3, 0.4) is 0 Å². The fourth-order valence-corrected chi connectivity index (χ4v) is 5.49. The van der Waals surface area contributed by atoms with E-state index in [-0.39, 0.29) is 0 Å². The summed E-state index contributed by atoms with van der Waals surface area (Å²) in [5.74, 6) is 0.371. The van der Waals surface area contributed by atoms with E-state index in [9.17, 15) is 5.11 Å². The Hall–Kier alpha value is -2.34. The number of fused-ring (bicyclic) bond motifs is 1. The van der Waals surface area contributed by atoms with Crippen LogP contribution < -0.4 is 5.32 Å². The molecule has 2 aromatic carbocycles. The Morgan fingerprint density at radius 3 is 2.73 bits per heavy atom. The molecule has 0 aliphatic carbocycles. The zero-order chi connectivity index (χ0) is 22.6. The minimum absolute atomic E-state index is 0.371. The number of nitrogens with zero attached hydrogens (tertiary/aromatic N) is 3. The molecule has 33 heavy (non-hydrogen) atoms. The van der Waals surface area contributed by atoms with Gasteiger partial charge in [-0.1, -0.05) is 18.0 Å². The van der Waals surface area contributed by atoms with Crippen LogP contribution in [0.25, 0.3) is 10.9 Å². The lowest BCUT2D eigenvalue weighted by molar-refractivity contribution is 0.121. The number of rotatable bonds is 7. The summed E-state index contributed by atoms with van der Waals surface area (Å²) >= 11 is 6.14. The summed E-state index contributed by atoms with van der Waals surface area (Å²) in [6.45, 7) is 5.62. The number of phenols is 1. The molecule has 5 rings (SSSR count). The number of benzene rings is 2. The first-order valence-corrected chi connectivity index (χ1v) is 12.6. The lowest BCUT2D eigenvalue weighted by Crippen LogP contribution is -2.41. The first-order chi connectivity index (χ1) is 16.2. The Kier molecular flexibility index (Phi) is 7.00. The van der Waals surface area contributed by atoms with E-state index in [0.717, 1.165) is 40.9 Å². The highest BCUT2D eigenvalue weighted by atomic mass is 35.5. The van der Waals surface area contributed by atoms with Crippen molar-refractivity contribution in [1.82, 2.24) is 14.8 Å². The van der Waals surface area contributed by atoms with Gasteiger partial charge in [-0.25, -0.2) is 0 Å². The van der Waals surface area contributed by atoms with Gasteiger partial charge in [0.1, 0.15) is 5.75 Å². The van der Waals surface area contributed by atoms with Gasteiger partial charge < -0.3 is 15.3 Å². The van der Waals surface area contributed by atoms with Crippen LogP contribution in [-0.2, 0) is 6.54 Å². The molecular weight excluding hydrogens is 432 g/mol. The van der Waals surface area contributed by atoms with Gasteiger partial charge in [-0.15, -0.1) is 0 Å². The molecule has 1 atom stereocenters. The summed E-state index contributed by atoms with van der Waals surface area (Å²) in [7, 11) is 0. The Labute approximate surface area is 201 Å². The van der Waals surface area contributed by atoms with Crippen molar-refractivity contribution < 1.29 is 5.11 Å². The average Bonchev–Trinajstić information content (AvgIpc) is 3.34. The number of halogens is 1. The Balaban J connectivity index is 1.31. The maximum atomic E-state index is 10.6. The van der Waals surface area contributed by atoms with Gasteiger partial charge in [-0.2, -0.15) is 0 Å². The Morgan fingerprint density at radius 1 is 1.00 bits per heavy atom. The van der Waals surface area contributed by atoms with E-state index < -0.39 is 0 Å². The second kappa shape index (κ2) is 10.3. The number of likely N-dealkylation sites (tertiary alicyclic amines) is 2. The maximum Gasteiger partial charge on any atom is 0.120 e. The van der Waals surface area contributed by atoms with Crippen molar-refractivity contribution in [2.75, 3.05) is 31.5 Å².